The van der Waals surface area contributed by atoms with Crippen molar-refractivity contribution in [1.82, 2.24) is 0 Å². The molecule has 1 nitrogen and oxygen atoms in total. The molecular formula is C11H15NS2. The number of anilines is 1. The second-order valence-electron chi connectivity index (χ2n) is 4.16. The number of nitrogens with one attached hydrogen (secondary N) is 1. The topological polar surface area (TPSA) is 12.0 Å². The molecule has 0 aliphatic carbocycles. The average molecular weight is 225 g/mol. The van der Waals surface area contributed by atoms with E-state index < -0.39 is 0 Å². The molecule has 14 heavy (non-hydrogen) atoms. The molecular weight excluding hydrogens is 210 g/mol. The van der Waals surface area contributed by atoms with Crippen molar-refractivity contribution in [3.63, 3.8) is 0 Å². The summed E-state index contributed by atoms with van der Waals surface area (Å²) in [6.07, 6.45) is 2.12. The highest BCUT2D eigenvalue weighted by Gasteiger charge is 2.24. The van der Waals surface area contributed by atoms with Gasteiger partial charge in [0, 0.05) is 26.8 Å². The zero-order valence-corrected chi connectivity index (χ0v) is 10.4. The standard InChI is InChI=1S/C11H15NS2/c1-11(2)7-14-10-6-8(13-3)4-5-9(10)12-11/h4-6,12H,7H2,1-3H3. The Morgan fingerprint density at radius 3 is 2.93 bits per heavy atom. The van der Waals surface area contributed by atoms with Crippen LogP contribution in [-0.4, -0.2) is 17.5 Å². The third-order valence-corrected chi connectivity index (χ3v) is 4.49. The molecule has 0 spiro atoms. The van der Waals surface area contributed by atoms with Crippen LogP contribution in [0.4, 0.5) is 5.69 Å². The quantitative estimate of drug-likeness (QED) is 0.732. The molecule has 1 heterocycles. The molecule has 0 saturated carbocycles. The summed E-state index contributed by atoms with van der Waals surface area (Å²) in [5.41, 5.74) is 1.50. The molecule has 0 atom stereocenters. The lowest BCUT2D eigenvalue weighted by atomic mass is 10.1. The van der Waals surface area contributed by atoms with Gasteiger partial charge in [-0.05, 0) is 38.3 Å². The van der Waals surface area contributed by atoms with Crippen LogP contribution >= 0.6 is 23.5 Å². The van der Waals surface area contributed by atoms with Crippen molar-refractivity contribution in [2.45, 2.75) is 29.2 Å². The molecule has 0 aromatic heterocycles. The second-order valence-corrected chi connectivity index (χ2v) is 6.06. The number of rotatable bonds is 1. The second kappa shape index (κ2) is 3.70. The third-order valence-electron chi connectivity index (χ3n) is 2.25. The van der Waals surface area contributed by atoms with E-state index in [0.717, 1.165) is 5.75 Å². The first-order chi connectivity index (χ1) is 6.61. The Bertz CT molecular complexity index is 347. The minimum absolute atomic E-state index is 0.221. The summed E-state index contributed by atoms with van der Waals surface area (Å²) in [5.74, 6) is 1.14. The van der Waals surface area contributed by atoms with Crippen LogP contribution in [0.2, 0.25) is 0 Å². The van der Waals surface area contributed by atoms with E-state index in [0.29, 0.717) is 0 Å². The Balaban J connectivity index is 2.32. The minimum atomic E-state index is 0.221. The first kappa shape index (κ1) is 10.2. The van der Waals surface area contributed by atoms with Crippen molar-refractivity contribution in [3.05, 3.63) is 18.2 Å². The van der Waals surface area contributed by atoms with E-state index in [2.05, 4.69) is 43.6 Å². The summed E-state index contributed by atoms with van der Waals surface area (Å²) in [6, 6.07) is 6.64. The van der Waals surface area contributed by atoms with Gasteiger partial charge in [0.2, 0.25) is 0 Å². The molecule has 0 bridgehead atoms. The van der Waals surface area contributed by atoms with Gasteiger partial charge in [0.15, 0.2) is 0 Å². The van der Waals surface area contributed by atoms with Crippen LogP contribution < -0.4 is 5.32 Å². The maximum atomic E-state index is 3.56. The Kier molecular flexibility index (Phi) is 2.71. The van der Waals surface area contributed by atoms with Gasteiger partial charge >= 0.3 is 0 Å². The summed E-state index contributed by atoms with van der Waals surface area (Å²) >= 11 is 3.75. The van der Waals surface area contributed by atoms with E-state index in [1.54, 1.807) is 11.8 Å². The summed E-state index contributed by atoms with van der Waals surface area (Å²) < 4.78 is 0. The fraction of sp³-hybridized carbons (Fsp3) is 0.455. The van der Waals surface area contributed by atoms with Crippen molar-refractivity contribution in [2.75, 3.05) is 17.3 Å². The Morgan fingerprint density at radius 1 is 1.43 bits per heavy atom. The summed E-state index contributed by atoms with van der Waals surface area (Å²) in [6.45, 7) is 4.48. The van der Waals surface area contributed by atoms with Crippen molar-refractivity contribution >= 4 is 29.2 Å². The van der Waals surface area contributed by atoms with Crippen LogP contribution in [-0.2, 0) is 0 Å². The van der Waals surface area contributed by atoms with Crippen LogP contribution in [0.5, 0.6) is 0 Å². The van der Waals surface area contributed by atoms with E-state index >= 15 is 0 Å². The van der Waals surface area contributed by atoms with Gasteiger partial charge in [0.1, 0.15) is 0 Å². The van der Waals surface area contributed by atoms with E-state index in [-0.39, 0.29) is 5.54 Å². The highest BCUT2D eigenvalue weighted by molar-refractivity contribution is 8.00. The first-order valence-corrected chi connectivity index (χ1v) is 6.91. The van der Waals surface area contributed by atoms with Gasteiger partial charge < -0.3 is 5.32 Å². The smallest absolute Gasteiger partial charge is 0.0483 e. The lowest BCUT2D eigenvalue weighted by Gasteiger charge is -2.33. The van der Waals surface area contributed by atoms with Crippen LogP contribution in [0.3, 0.4) is 0 Å². The molecule has 1 aromatic rings. The van der Waals surface area contributed by atoms with E-state index in [9.17, 15) is 0 Å². The van der Waals surface area contributed by atoms with Crippen LogP contribution in [0, 0.1) is 0 Å². The highest BCUT2D eigenvalue weighted by atomic mass is 32.2. The van der Waals surface area contributed by atoms with Gasteiger partial charge in [-0.1, -0.05) is 0 Å². The summed E-state index contributed by atoms with van der Waals surface area (Å²) in [7, 11) is 0. The largest absolute Gasteiger partial charge is 0.378 e. The van der Waals surface area contributed by atoms with Gasteiger partial charge in [-0.15, -0.1) is 23.5 Å². The van der Waals surface area contributed by atoms with Crippen molar-refractivity contribution in [2.24, 2.45) is 0 Å². The van der Waals surface area contributed by atoms with Gasteiger partial charge in [0.25, 0.3) is 0 Å². The maximum absolute atomic E-state index is 3.56. The molecule has 1 aliphatic rings. The first-order valence-electron chi connectivity index (χ1n) is 4.70. The van der Waals surface area contributed by atoms with Crippen molar-refractivity contribution in [3.8, 4) is 0 Å². The van der Waals surface area contributed by atoms with E-state index in [4.69, 9.17) is 0 Å². The van der Waals surface area contributed by atoms with Crippen molar-refractivity contribution < 1.29 is 0 Å². The molecule has 0 radical (unpaired) electrons. The van der Waals surface area contributed by atoms with E-state index in [1.807, 2.05) is 11.8 Å². The zero-order valence-electron chi connectivity index (χ0n) is 8.76. The molecule has 76 valence electrons. The lowest BCUT2D eigenvalue weighted by Crippen LogP contribution is -2.36. The molecule has 1 aromatic carbocycles. The van der Waals surface area contributed by atoms with Gasteiger partial charge in [-0.3, -0.25) is 0 Å². The van der Waals surface area contributed by atoms with Gasteiger partial charge in [0.05, 0.1) is 0 Å². The molecule has 0 amide bonds. The normalized spacial score (nSPS) is 18.5. The number of thioether (sulfide) groups is 2. The monoisotopic (exact) mass is 225 g/mol. The van der Waals surface area contributed by atoms with Crippen LogP contribution in [0.15, 0.2) is 28.0 Å². The number of fused-ring (bicyclic) bond motifs is 1. The molecule has 3 heteroatoms. The summed E-state index contributed by atoms with van der Waals surface area (Å²) in [5, 5.41) is 3.56. The fourth-order valence-corrected chi connectivity index (χ4v) is 3.10. The fourth-order valence-electron chi connectivity index (χ4n) is 1.51. The Hall–Kier alpha value is -0.280. The molecule has 0 saturated heterocycles. The number of hydrogen-bond donors (Lipinski definition) is 1. The average Bonchev–Trinajstić information content (AvgIpc) is 2.16. The zero-order chi connectivity index (χ0) is 10.2. The molecule has 1 N–H and O–H groups in total. The Labute approximate surface area is 94.0 Å². The van der Waals surface area contributed by atoms with Crippen LogP contribution in [0.1, 0.15) is 13.8 Å². The number of benzene rings is 1. The highest BCUT2D eigenvalue weighted by Crippen LogP contribution is 2.38. The van der Waals surface area contributed by atoms with Crippen LogP contribution in [0.25, 0.3) is 0 Å². The SMILES string of the molecule is CSc1ccc2c(c1)SCC(C)(C)N2. The third kappa shape index (κ3) is 2.04. The molecule has 1 aliphatic heterocycles. The molecule has 0 fully saturated rings. The molecule has 2 rings (SSSR count). The van der Waals surface area contributed by atoms with Crippen molar-refractivity contribution in [1.29, 1.82) is 0 Å². The van der Waals surface area contributed by atoms with E-state index in [1.165, 1.54) is 15.5 Å². The van der Waals surface area contributed by atoms with Gasteiger partial charge in [-0.2, -0.15) is 0 Å². The number of hydrogen-bond acceptors (Lipinski definition) is 3. The predicted molar refractivity (Wildman–Crippen MR) is 66.6 cm³/mol. The minimum Gasteiger partial charge on any atom is -0.378 e. The Morgan fingerprint density at radius 2 is 2.21 bits per heavy atom. The maximum Gasteiger partial charge on any atom is 0.0483 e. The van der Waals surface area contributed by atoms with Gasteiger partial charge in [-0.25, -0.2) is 0 Å². The molecule has 0 unspecified atom stereocenters. The summed E-state index contributed by atoms with van der Waals surface area (Å²) in [4.78, 5) is 2.73. The lowest BCUT2D eigenvalue weighted by molar-refractivity contribution is 0.637. The predicted octanol–water partition coefficient (Wildman–Crippen LogP) is 3.70.